The molecule has 0 bridgehead atoms. The highest BCUT2D eigenvalue weighted by atomic mass is 16.5. The van der Waals surface area contributed by atoms with Gasteiger partial charge in [-0.2, -0.15) is 0 Å². The largest absolute Gasteiger partial charge is 0.484 e. The van der Waals surface area contributed by atoms with E-state index in [2.05, 4.69) is 5.32 Å². The molecule has 0 unspecified atom stereocenters. The Hall–Kier alpha value is -3.60. The average molecular weight is 473 g/mol. The van der Waals surface area contributed by atoms with Crippen LogP contribution >= 0.6 is 0 Å². The van der Waals surface area contributed by atoms with Crippen molar-refractivity contribution in [2.75, 3.05) is 6.61 Å². The highest BCUT2D eigenvalue weighted by molar-refractivity contribution is 5.88. The number of hydrogen-bond donors (Lipinski definition) is 1. The summed E-state index contributed by atoms with van der Waals surface area (Å²) in [5.74, 6) is 0.244. The lowest BCUT2D eigenvalue weighted by Crippen LogP contribution is -2.53. The first kappa shape index (κ1) is 26.0. The normalized spacial score (nSPS) is 12.5. The Labute approximate surface area is 209 Å². The van der Waals surface area contributed by atoms with E-state index in [0.29, 0.717) is 18.7 Å². The Morgan fingerprint density at radius 3 is 2.06 bits per heavy atom. The van der Waals surface area contributed by atoms with Gasteiger partial charge in [0.2, 0.25) is 5.91 Å². The molecule has 184 valence electrons. The highest BCUT2D eigenvalue weighted by Gasteiger charge is 2.31. The molecule has 5 nitrogen and oxygen atoms in total. The number of nitrogens with zero attached hydrogens (tertiary/aromatic N) is 1. The molecule has 1 N–H and O–H groups in total. The van der Waals surface area contributed by atoms with Crippen molar-refractivity contribution >= 4 is 11.8 Å². The van der Waals surface area contributed by atoms with E-state index in [0.717, 1.165) is 28.7 Å². The molecule has 2 atom stereocenters. The van der Waals surface area contributed by atoms with Crippen molar-refractivity contribution < 1.29 is 14.3 Å². The monoisotopic (exact) mass is 472 g/mol. The van der Waals surface area contributed by atoms with Crippen LogP contribution in [0.15, 0.2) is 78.9 Å². The second-order valence-electron chi connectivity index (χ2n) is 9.13. The van der Waals surface area contributed by atoms with E-state index in [-0.39, 0.29) is 24.5 Å². The van der Waals surface area contributed by atoms with Gasteiger partial charge in [-0.3, -0.25) is 9.59 Å². The number of carbonyl (C=O) groups excluding carboxylic acids is 2. The quantitative estimate of drug-likeness (QED) is 0.415. The number of nitrogens with one attached hydrogen (secondary N) is 1. The standard InChI is InChI=1S/C30H36N2O3/c1-5-24(4)31-30(34)28(19-25-9-7-6-8-10-25)32(20-26-15-11-22(2)12-16-26)29(33)21-35-27-17-13-23(3)14-18-27/h6-18,24,28H,5,19-21H2,1-4H3,(H,31,34)/t24-,28+/m0/s1. The van der Waals surface area contributed by atoms with E-state index in [1.807, 2.05) is 107 Å². The van der Waals surface area contributed by atoms with Crippen LogP contribution in [-0.2, 0) is 22.6 Å². The summed E-state index contributed by atoms with van der Waals surface area (Å²) in [7, 11) is 0. The van der Waals surface area contributed by atoms with Crippen molar-refractivity contribution in [3.8, 4) is 5.75 Å². The molecule has 35 heavy (non-hydrogen) atoms. The Balaban J connectivity index is 1.89. The minimum absolute atomic E-state index is 0.0147. The maximum atomic E-state index is 13.6. The van der Waals surface area contributed by atoms with Crippen LogP contribution in [0.5, 0.6) is 5.75 Å². The van der Waals surface area contributed by atoms with E-state index < -0.39 is 6.04 Å². The van der Waals surface area contributed by atoms with Gasteiger partial charge in [0.05, 0.1) is 0 Å². The van der Waals surface area contributed by atoms with Crippen LogP contribution in [-0.4, -0.2) is 35.4 Å². The minimum atomic E-state index is -0.665. The van der Waals surface area contributed by atoms with Crippen molar-refractivity contribution in [1.82, 2.24) is 10.2 Å². The maximum absolute atomic E-state index is 13.6. The molecule has 0 saturated heterocycles. The fourth-order valence-corrected chi connectivity index (χ4v) is 3.75. The van der Waals surface area contributed by atoms with Gasteiger partial charge in [-0.25, -0.2) is 0 Å². The Morgan fingerprint density at radius 1 is 0.857 bits per heavy atom. The fourth-order valence-electron chi connectivity index (χ4n) is 3.75. The number of amides is 2. The van der Waals surface area contributed by atoms with Crippen molar-refractivity contribution in [3.05, 3.63) is 101 Å². The maximum Gasteiger partial charge on any atom is 0.261 e. The van der Waals surface area contributed by atoms with Crippen molar-refractivity contribution in [2.24, 2.45) is 0 Å². The molecule has 0 radical (unpaired) electrons. The van der Waals surface area contributed by atoms with Crippen LogP contribution in [0.3, 0.4) is 0 Å². The lowest BCUT2D eigenvalue weighted by molar-refractivity contribution is -0.143. The first-order valence-electron chi connectivity index (χ1n) is 12.2. The molecule has 3 aromatic rings. The van der Waals surface area contributed by atoms with E-state index in [1.54, 1.807) is 4.90 Å². The van der Waals surface area contributed by atoms with Crippen molar-refractivity contribution in [2.45, 2.75) is 59.2 Å². The zero-order valence-electron chi connectivity index (χ0n) is 21.2. The second kappa shape index (κ2) is 12.7. The van der Waals surface area contributed by atoms with Crippen LogP contribution in [0, 0.1) is 13.8 Å². The zero-order valence-corrected chi connectivity index (χ0v) is 21.2. The first-order chi connectivity index (χ1) is 16.9. The molecule has 3 aromatic carbocycles. The Kier molecular flexibility index (Phi) is 9.47. The summed E-state index contributed by atoms with van der Waals surface area (Å²) in [6.45, 7) is 8.22. The molecule has 3 rings (SSSR count). The molecular weight excluding hydrogens is 436 g/mol. The molecule has 2 amide bonds. The van der Waals surface area contributed by atoms with Gasteiger partial charge in [-0.05, 0) is 50.5 Å². The number of ether oxygens (including phenoxy) is 1. The predicted molar refractivity (Wildman–Crippen MR) is 140 cm³/mol. The zero-order chi connectivity index (χ0) is 25.2. The molecule has 0 spiro atoms. The SMILES string of the molecule is CC[C@H](C)NC(=O)[C@@H](Cc1ccccc1)N(Cc1ccc(C)cc1)C(=O)COc1ccc(C)cc1. The van der Waals surface area contributed by atoms with Gasteiger partial charge < -0.3 is 15.0 Å². The van der Waals surface area contributed by atoms with Crippen molar-refractivity contribution in [3.63, 3.8) is 0 Å². The van der Waals surface area contributed by atoms with Crippen LogP contribution in [0.4, 0.5) is 0 Å². The third-order valence-corrected chi connectivity index (χ3v) is 6.13. The van der Waals surface area contributed by atoms with E-state index in [4.69, 9.17) is 4.74 Å². The van der Waals surface area contributed by atoms with Gasteiger partial charge in [0.1, 0.15) is 11.8 Å². The first-order valence-corrected chi connectivity index (χ1v) is 12.2. The van der Waals surface area contributed by atoms with E-state index in [9.17, 15) is 9.59 Å². The van der Waals surface area contributed by atoms with E-state index >= 15 is 0 Å². The van der Waals surface area contributed by atoms with Gasteiger partial charge in [0, 0.05) is 19.0 Å². The Morgan fingerprint density at radius 2 is 1.46 bits per heavy atom. The topological polar surface area (TPSA) is 58.6 Å². The molecule has 0 aliphatic rings. The molecule has 0 heterocycles. The number of hydrogen-bond acceptors (Lipinski definition) is 3. The predicted octanol–water partition coefficient (Wildman–Crippen LogP) is 5.24. The molecular formula is C30H36N2O3. The lowest BCUT2D eigenvalue weighted by Gasteiger charge is -2.32. The molecule has 0 fully saturated rings. The summed E-state index contributed by atoms with van der Waals surface area (Å²) in [5, 5.41) is 3.09. The molecule has 0 aliphatic heterocycles. The van der Waals surface area contributed by atoms with Crippen LogP contribution in [0.25, 0.3) is 0 Å². The number of rotatable bonds is 11. The van der Waals surface area contributed by atoms with Gasteiger partial charge in [-0.15, -0.1) is 0 Å². The van der Waals surface area contributed by atoms with Gasteiger partial charge in [0.15, 0.2) is 6.61 Å². The van der Waals surface area contributed by atoms with Gasteiger partial charge in [0.25, 0.3) is 5.91 Å². The summed E-state index contributed by atoms with van der Waals surface area (Å²) in [4.78, 5) is 28.7. The summed E-state index contributed by atoms with van der Waals surface area (Å²) in [6.07, 6.45) is 1.23. The summed E-state index contributed by atoms with van der Waals surface area (Å²) in [5.41, 5.74) is 4.23. The number of aryl methyl sites for hydroxylation is 2. The summed E-state index contributed by atoms with van der Waals surface area (Å²) >= 11 is 0. The number of carbonyl (C=O) groups is 2. The molecule has 0 aliphatic carbocycles. The van der Waals surface area contributed by atoms with Crippen LogP contribution in [0.1, 0.15) is 42.5 Å². The summed E-state index contributed by atoms with van der Waals surface area (Å²) < 4.78 is 5.82. The van der Waals surface area contributed by atoms with E-state index in [1.165, 1.54) is 0 Å². The third kappa shape index (κ3) is 7.99. The Bertz CT molecular complexity index is 1080. The number of benzene rings is 3. The second-order valence-corrected chi connectivity index (χ2v) is 9.13. The van der Waals surface area contributed by atoms with Crippen molar-refractivity contribution in [1.29, 1.82) is 0 Å². The van der Waals surface area contributed by atoms with Gasteiger partial charge in [-0.1, -0.05) is 84.8 Å². The highest BCUT2D eigenvalue weighted by Crippen LogP contribution is 2.17. The van der Waals surface area contributed by atoms with Crippen LogP contribution in [0.2, 0.25) is 0 Å². The minimum Gasteiger partial charge on any atom is -0.484 e. The smallest absolute Gasteiger partial charge is 0.261 e. The third-order valence-electron chi connectivity index (χ3n) is 6.13. The molecule has 0 aromatic heterocycles. The average Bonchev–Trinajstić information content (AvgIpc) is 2.87. The molecule has 0 saturated carbocycles. The lowest BCUT2D eigenvalue weighted by atomic mass is 10.0. The molecule has 5 heteroatoms. The van der Waals surface area contributed by atoms with Gasteiger partial charge >= 0.3 is 0 Å². The summed E-state index contributed by atoms with van der Waals surface area (Å²) in [6, 6.07) is 24.8. The fraction of sp³-hybridized carbons (Fsp3) is 0.333. The van der Waals surface area contributed by atoms with Crippen LogP contribution < -0.4 is 10.1 Å².